The van der Waals surface area contributed by atoms with E-state index in [2.05, 4.69) is 30.2 Å². The van der Waals surface area contributed by atoms with Crippen molar-refractivity contribution >= 4 is 35.0 Å². The molecule has 1 aliphatic rings. The Kier molecular flexibility index (Phi) is 6.38. The first kappa shape index (κ1) is 20.1. The molecule has 4 rings (SSSR count). The van der Waals surface area contributed by atoms with E-state index in [4.69, 9.17) is 0 Å². The highest BCUT2D eigenvalue weighted by Gasteiger charge is 2.23. The number of likely N-dealkylation sites (tertiary alicyclic amines) is 1. The molecule has 0 bridgehead atoms. The monoisotopic (exact) mass is 421 g/mol. The lowest BCUT2D eigenvalue weighted by molar-refractivity contribution is -0.127. The summed E-state index contributed by atoms with van der Waals surface area (Å²) in [6.07, 6.45) is 12.8. The Labute approximate surface area is 179 Å². The third kappa shape index (κ3) is 5.44. The van der Waals surface area contributed by atoms with Gasteiger partial charge < -0.3 is 10.2 Å². The Balaban J connectivity index is 1.35. The van der Waals surface area contributed by atoms with Gasteiger partial charge in [0.2, 0.25) is 5.91 Å². The van der Waals surface area contributed by atoms with Crippen molar-refractivity contribution < 1.29 is 4.79 Å². The molecule has 1 saturated heterocycles. The molecule has 0 aromatic carbocycles. The molecule has 30 heavy (non-hydrogen) atoms. The van der Waals surface area contributed by atoms with Crippen LogP contribution >= 0.6 is 11.3 Å². The van der Waals surface area contributed by atoms with Crippen molar-refractivity contribution in [3.05, 3.63) is 58.8 Å². The predicted molar refractivity (Wildman–Crippen MR) is 116 cm³/mol. The number of rotatable bonds is 6. The highest BCUT2D eigenvalue weighted by atomic mass is 32.1. The van der Waals surface area contributed by atoms with Gasteiger partial charge in [0.25, 0.3) is 0 Å². The molecule has 9 heteroatoms. The first-order valence-corrected chi connectivity index (χ1v) is 10.8. The van der Waals surface area contributed by atoms with E-state index in [1.54, 1.807) is 48.4 Å². The number of nitrogens with one attached hydrogen (secondary N) is 1. The summed E-state index contributed by atoms with van der Waals surface area (Å²) in [6.45, 7) is 3.48. The highest BCUT2D eigenvalue weighted by molar-refractivity contribution is 7.09. The van der Waals surface area contributed by atoms with Crippen molar-refractivity contribution in [3.63, 3.8) is 0 Å². The Hall–Kier alpha value is -3.20. The Bertz CT molecular complexity index is 1020. The number of anilines is 2. The Morgan fingerprint density at radius 3 is 3.03 bits per heavy atom. The normalized spacial score (nSPS) is 16.7. The van der Waals surface area contributed by atoms with Crippen molar-refractivity contribution in [2.45, 2.75) is 26.2 Å². The lowest BCUT2D eigenvalue weighted by Gasteiger charge is -2.32. The molecular formula is C21H23N7OS. The number of nitrogens with zero attached hydrogens (tertiary/aromatic N) is 6. The topological polar surface area (TPSA) is 96.8 Å². The van der Waals surface area contributed by atoms with Gasteiger partial charge in [0.15, 0.2) is 0 Å². The SMILES string of the molecule is Cc1nc(/C=C/C(=O)N2CCC[C@@H](Cc3cc(Nc4cnccn4)ncn3)C2)cs1. The third-order valence-corrected chi connectivity index (χ3v) is 5.70. The van der Waals surface area contributed by atoms with Gasteiger partial charge in [-0.1, -0.05) is 0 Å². The van der Waals surface area contributed by atoms with Crippen LogP contribution in [0, 0.1) is 12.8 Å². The summed E-state index contributed by atoms with van der Waals surface area (Å²) in [4.78, 5) is 35.8. The summed E-state index contributed by atoms with van der Waals surface area (Å²) < 4.78 is 0. The Morgan fingerprint density at radius 2 is 2.23 bits per heavy atom. The molecule has 0 saturated carbocycles. The molecule has 8 nitrogen and oxygen atoms in total. The standard InChI is InChI=1S/C21H23N7OS/c1-15-26-17(13-30-15)4-5-21(29)28-8-2-3-16(12-28)9-18-10-19(25-14-24-18)27-20-11-22-6-7-23-20/h4-7,10-11,13-14,16H,2-3,8-9,12H2,1H3,(H,23,24,25,27)/b5-4+/t16-/m0/s1. The molecule has 4 heterocycles. The zero-order chi connectivity index (χ0) is 20.8. The van der Waals surface area contributed by atoms with E-state index in [-0.39, 0.29) is 5.91 Å². The number of aromatic nitrogens is 5. The highest BCUT2D eigenvalue weighted by Crippen LogP contribution is 2.22. The zero-order valence-corrected chi connectivity index (χ0v) is 17.5. The van der Waals surface area contributed by atoms with Crippen LogP contribution in [-0.2, 0) is 11.2 Å². The minimum Gasteiger partial charge on any atom is -0.339 e. The van der Waals surface area contributed by atoms with E-state index in [9.17, 15) is 4.79 Å². The summed E-state index contributed by atoms with van der Waals surface area (Å²) in [5, 5.41) is 6.10. The van der Waals surface area contributed by atoms with Gasteiger partial charge in [0, 0.05) is 48.7 Å². The lowest BCUT2D eigenvalue weighted by Crippen LogP contribution is -2.39. The molecule has 1 aliphatic heterocycles. The number of aryl methyl sites for hydroxylation is 1. The molecule has 1 fully saturated rings. The van der Waals surface area contributed by atoms with Crippen molar-refractivity contribution in [2.24, 2.45) is 5.92 Å². The number of piperidine rings is 1. The van der Waals surface area contributed by atoms with Crippen LogP contribution in [0.3, 0.4) is 0 Å². The largest absolute Gasteiger partial charge is 0.339 e. The molecule has 3 aromatic rings. The number of amides is 1. The second-order valence-electron chi connectivity index (χ2n) is 7.23. The van der Waals surface area contributed by atoms with Crippen LogP contribution in [-0.4, -0.2) is 48.8 Å². The Morgan fingerprint density at radius 1 is 1.30 bits per heavy atom. The molecular weight excluding hydrogens is 398 g/mol. The minimum atomic E-state index is 0.0399. The quantitative estimate of drug-likeness (QED) is 0.610. The fourth-order valence-corrected chi connectivity index (χ4v) is 4.10. The van der Waals surface area contributed by atoms with E-state index in [0.717, 1.165) is 48.7 Å². The van der Waals surface area contributed by atoms with E-state index < -0.39 is 0 Å². The van der Waals surface area contributed by atoms with E-state index in [1.807, 2.05) is 23.3 Å². The molecule has 3 aromatic heterocycles. The maximum atomic E-state index is 12.6. The van der Waals surface area contributed by atoms with Crippen LogP contribution in [0.15, 0.2) is 42.4 Å². The van der Waals surface area contributed by atoms with Gasteiger partial charge in [-0.05, 0) is 38.2 Å². The molecule has 1 N–H and O–H groups in total. The van der Waals surface area contributed by atoms with Crippen LogP contribution in [0.2, 0.25) is 0 Å². The predicted octanol–water partition coefficient (Wildman–Crippen LogP) is 3.27. The summed E-state index contributed by atoms with van der Waals surface area (Å²) in [7, 11) is 0. The van der Waals surface area contributed by atoms with E-state index in [1.165, 1.54) is 0 Å². The van der Waals surface area contributed by atoms with Gasteiger partial charge in [0.05, 0.1) is 16.9 Å². The second kappa shape index (κ2) is 9.53. The molecule has 1 amide bonds. The molecule has 154 valence electrons. The second-order valence-corrected chi connectivity index (χ2v) is 8.29. The van der Waals surface area contributed by atoms with Gasteiger partial charge >= 0.3 is 0 Å². The first-order chi connectivity index (χ1) is 14.7. The smallest absolute Gasteiger partial charge is 0.246 e. The van der Waals surface area contributed by atoms with E-state index >= 15 is 0 Å². The van der Waals surface area contributed by atoms with Crippen molar-refractivity contribution in [2.75, 3.05) is 18.4 Å². The number of hydrogen-bond acceptors (Lipinski definition) is 8. The molecule has 0 radical (unpaired) electrons. The van der Waals surface area contributed by atoms with Gasteiger partial charge in [-0.2, -0.15) is 0 Å². The zero-order valence-electron chi connectivity index (χ0n) is 16.7. The van der Waals surface area contributed by atoms with Crippen molar-refractivity contribution in [1.29, 1.82) is 0 Å². The molecule has 0 spiro atoms. The number of hydrogen-bond donors (Lipinski definition) is 1. The van der Waals surface area contributed by atoms with E-state index in [0.29, 0.717) is 17.6 Å². The summed E-state index contributed by atoms with van der Waals surface area (Å²) in [5.41, 5.74) is 1.78. The minimum absolute atomic E-state index is 0.0399. The number of carbonyl (C=O) groups is 1. The summed E-state index contributed by atoms with van der Waals surface area (Å²) in [5.74, 6) is 1.74. The average molecular weight is 422 g/mol. The van der Waals surface area contributed by atoms with Crippen LogP contribution in [0.1, 0.15) is 29.2 Å². The maximum absolute atomic E-state index is 12.6. The van der Waals surface area contributed by atoms with Crippen LogP contribution < -0.4 is 5.32 Å². The maximum Gasteiger partial charge on any atom is 0.246 e. The number of carbonyl (C=O) groups excluding carboxylic acids is 1. The molecule has 0 aliphatic carbocycles. The van der Waals surface area contributed by atoms with Crippen molar-refractivity contribution in [1.82, 2.24) is 29.8 Å². The average Bonchev–Trinajstić information content (AvgIpc) is 3.18. The number of thiazole rings is 1. The lowest BCUT2D eigenvalue weighted by atomic mass is 9.93. The van der Waals surface area contributed by atoms with Gasteiger partial charge in [-0.15, -0.1) is 11.3 Å². The van der Waals surface area contributed by atoms with Crippen molar-refractivity contribution in [3.8, 4) is 0 Å². The fourth-order valence-electron chi connectivity index (χ4n) is 3.52. The summed E-state index contributed by atoms with van der Waals surface area (Å²) >= 11 is 1.58. The van der Waals surface area contributed by atoms with Gasteiger partial charge in [-0.25, -0.2) is 19.9 Å². The fraction of sp³-hybridized carbons (Fsp3) is 0.333. The summed E-state index contributed by atoms with van der Waals surface area (Å²) in [6, 6.07) is 1.93. The van der Waals surface area contributed by atoms with Crippen LogP contribution in [0.25, 0.3) is 6.08 Å². The molecule has 1 atom stereocenters. The van der Waals surface area contributed by atoms with Crippen LogP contribution in [0.5, 0.6) is 0 Å². The van der Waals surface area contributed by atoms with Gasteiger partial charge in [0.1, 0.15) is 18.0 Å². The van der Waals surface area contributed by atoms with Crippen LogP contribution in [0.4, 0.5) is 11.6 Å². The first-order valence-electron chi connectivity index (χ1n) is 9.89. The van der Waals surface area contributed by atoms with Gasteiger partial charge in [-0.3, -0.25) is 9.78 Å². The third-order valence-electron chi connectivity index (χ3n) is 4.90. The molecule has 0 unspecified atom stereocenters.